The van der Waals surface area contributed by atoms with E-state index in [2.05, 4.69) is 5.32 Å². The standard InChI is InChI=1S/C18H21N3O5/c22-11-20-5-7-21(8-6-20)17(24)18(3-4-18)16(23)19-10-13-1-2-14-15(9-13)26-12-25-14/h1-2,9,11H,3-8,10,12H2,(H,19,23). The van der Waals surface area contributed by atoms with Crippen molar-refractivity contribution in [1.29, 1.82) is 0 Å². The van der Waals surface area contributed by atoms with Crippen LogP contribution in [0.3, 0.4) is 0 Å². The molecule has 26 heavy (non-hydrogen) atoms. The molecular formula is C18H21N3O5. The molecule has 1 saturated carbocycles. The summed E-state index contributed by atoms with van der Waals surface area (Å²) in [6.07, 6.45) is 1.95. The molecule has 2 aliphatic heterocycles. The van der Waals surface area contributed by atoms with Crippen LogP contribution in [0.15, 0.2) is 18.2 Å². The first kappa shape index (κ1) is 16.7. The lowest BCUT2D eigenvalue weighted by Crippen LogP contribution is -2.52. The lowest BCUT2D eigenvalue weighted by Gasteiger charge is -2.34. The quantitative estimate of drug-likeness (QED) is 0.596. The summed E-state index contributed by atoms with van der Waals surface area (Å²) in [7, 11) is 0. The molecule has 1 aromatic carbocycles. The second-order valence-electron chi connectivity index (χ2n) is 6.89. The van der Waals surface area contributed by atoms with Crippen LogP contribution in [-0.2, 0) is 20.9 Å². The van der Waals surface area contributed by atoms with Crippen molar-refractivity contribution in [2.45, 2.75) is 19.4 Å². The molecule has 1 aromatic rings. The second-order valence-corrected chi connectivity index (χ2v) is 6.89. The largest absolute Gasteiger partial charge is 0.454 e. The molecule has 1 N–H and O–H groups in total. The number of hydrogen-bond donors (Lipinski definition) is 1. The van der Waals surface area contributed by atoms with Crippen molar-refractivity contribution in [2.24, 2.45) is 5.41 Å². The molecule has 8 nitrogen and oxygen atoms in total. The Kier molecular flexibility index (Phi) is 4.18. The van der Waals surface area contributed by atoms with E-state index in [1.54, 1.807) is 9.80 Å². The number of nitrogens with one attached hydrogen (secondary N) is 1. The summed E-state index contributed by atoms with van der Waals surface area (Å²) in [5.74, 6) is 1.02. The number of fused-ring (bicyclic) bond motifs is 1. The third kappa shape index (κ3) is 2.95. The Morgan fingerprint density at radius 3 is 2.54 bits per heavy atom. The first-order valence-corrected chi connectivity index (χ1v) is 8.78. The van der Waals surface area contributed by atoms with Crippen LogP contribution in [0, 0.1) is 5.41 Å². The van der Waals surface area contributed by atoms with Crippen LogP contribution in [0.2, 0.25) is 0 Å². The van der Waals surface area contributed by atoms with Gasteiger partial charge in [-0.2, -0.15) is 0 Å². The van der Waals surface area contributed by atoms with Gasteiger partial charge in [-0.25, -0.2) is 0 Å². The van der Waals surface area contributed by atoms with Crippen molar-refractivity contribution in [3.63, 3.8) is 0 Å². The third-order valence-electron chi connectivity index (χ3n) is 5.23. The summed E-state index contributed by atoms with van der Waals surface area (Å²) in [6.45, 7) is 2.54. The van der Waals surface area contributed by atoms with Gasteiger partial charge in [0.15, 0.2) is 11.5 Å². The van der Waals surface area contributed by atoms with E-state index in [9.17, 15) is 14.4 Å². The molecule has 0 unspecified atom stereocenters. The molecule has 0 aromatic heterocycles. The molecule has 0 bridgehead atoms. The van der Waals surface area contributed by atoms with Gasteiger partial charge in [-0.3, -0.25) is 14.4 Å². The van der Waals surface area contributed by atoms with Crippen molar-refractivity contribution in [3.05, 3.63) is 23.8 Å². The van der Waals surface area contributed by atoms with Gasteiger partial charge in [-0.05, 0) is 30.5 Å². The highest BCUT2D eigenvalue weighted by Gasteiger charge is 2.58. The maximum absolute atomic E-state index is 12.8. The summed E-state index contributed by atoms with van der Waals surface area (Å²) < 4.78 is 10.6. The van der Waals surface area contributed by atoms with E-state index in [0.717, 1.165) is 12.0 Å². The SMILES string of the molecule is O=CN1CCN(C(=O)C2(C(=O)NCc3ccc4c(c3)OCO4)CC2)CC1. The molecule has 4 rings (SSSR count). The van der Waals surface area contributed by atoms with Crippen molar-refractivity contribution in [2.75, 3.05) is 33.0 Å². The Bertz CT molecular complexity index is 738. The zero-order valence-electron chi connectivity index (χ0n) is 14.4. The molecule has 2 heterocycles. The Morgan fingerprint density at radius 2 is 1.85 bits per heavy atom. The van der Waals surface area contributed by atoms with Crippen molar-refractivity contribution >= 4 is 18.2 Å². The highest BCUT2D eigenvalue weighted by Crippen LogP contribution is 2.47. The Morgan fingerprint density at radius 1 is 1.12 bits per heavy atom. The monoisotopic (exact) mass is 359 g/mol. The van der Waals surface area contributed by atoms with Crippen molar-refractivity contribution < 1.29 is 23.9 Å². The minimum atomic E-state index is -0.931. The second kappa shape index (κ2) is 6.51. The molecule has 0 spiro atoms. The fourth-order valence-electron chi connectivity index (χ4n) is 3.40. The van der Waals surface area contributed by atoms with E-state index < -0.39 is 5.41 Å². The number of nitrogens with zero attached hydrogens (tertiary/aromatic N) is 2. The molecule has 1 saturated heterocycles. The molecule has 8 heteroatoms. The van der Waals surface area contributed by atoms with Gasteiger partial charge in [-0.15, -0.1) is 0 Å². The summed E-state index contributed by atoms with van der Waals surface area (Å²) in [5, 5.41) is 2.88. The van der Waals surface area contributed by atoms with Gasteiger partial charge in [0.25, 0.3) is 0 Å². The van der Waals surface area contributed by atoms with Gasteiger partial charge in [0, 0.05) is 32.7 Å². The molecule has 2 fully saturated rings. The predicted molar refractivity (Wildman–Crippen MR) is 90.3 cm³/mol. The summed E-state index contributed by atoms with van der Waals surface area (Å²) in [6, 6.07) is 5.52. The first-order valence-electron chi connectivity index (χ1n) is 8.78. The molecule has 0 radical (unpaired) electrons. The van der Waals surface area contributed by atoms with Crippen LogP contribution in [0.5, 0.6) is 11.5 Å². The van der Waals surface area contributed by atoms with Crippen molar-refractivity contribution in [1.82, 2.24) is 15.1 Å². The lowest BCUT2D eigenvalue weighted by atomic mass is 10.0. The number of piperazine rings is 1. The van der Waals surface area contributed by atoms with Gasteiger partial charge in [0.2, 0.25) is 25.0 Å². The van der Waals surface area contributed by atoms with E-state index in [-0.39, 0.29) is 18.6 Å². The van der Waals surface area contributed by atoms with Gasteiger partial charge in [0.05, 0.1) is 0 Å². The van der Waals surface area contributed by atoms with Crippen LogP contribution >= 0.6 is 0 Å². The predicted octanol–water partition coefficient (Wildman–Crippen LogP) is 0.112. The molecule has 0 atom stereocenters. The highest BCUT2D eigenvalue weighted by molar-refractivity contribution is 6.07. The topological polar surface area (TPSA) is 88.2 Å². The number of rotatable bonds is 5. The zero-order chi connectivity index (χ0) is 18.1. The summed E-state index contributed by atoms with van der Waals surface area (Å²) >= 11 is 0. The number of hydrogen-bond acceptors (Lipinski definition) is 5. The maximum atomic E-state index is 12.8. The molecule has 1 aliphatic carbocycles. The van der Waals surface area contributed by atoms with Crippen LogP contribution in [0.1, 0.15) is 18.4 Å². The van der Waals surface area contributed by atoms with Crippen LogP contribution in [0.4, 0.5) is 0 Å². The Hall–Kier alpha value is -2.77. The Labute approximate surface area is 151 Å². The minimum Gasteiger partial charge on any atom is -0.454 e. The normalized spacial score (nSPS) is 19.8. The zero-order valence-corrected chi connectivity index (χ0v) is 14.4. The van der Waals surface area contributed by atoms with Crippen molar-refractivity contribution in [3.8, 4) is 11.5 Å². The van der Waals surface area contributed by atoms with E-state index in [0.29, 0.717) is 57.1 Å². The molecule has 138 valence electrons. The number of carbonyl (C=O) groups is 3. The number of carbonyl (C=O) groups excluding carboxylic acids is 3. The van der Waals surface area contributed by atoms with Crippen LogP contribution in [-0.4, -0.2) is 61.0 Å². The average Bonchev–Trinajstić information content (AvgIpc) is 3.37. The van der Waals surface area contributed by atoms with Gasteiger partial charge >= 0.3 is 0 Å². The van der Waals surface area contributed by atoms with E-state index in [1.807, 2.05) is 18.2 Å². The first-order chi connectivity index (χ1) is 12.6. The maximum Gasteiger partial charge on any atom is 0.238 e. The Balaban J connectivity index is 1.35. The van der Waals surface area contributed by atoms with E-state index in [4.69, 9.17) is 9.47 Å². The smallest absolute Gasteiger partial charge is 0.238 e. The molecular weight excluding hydrogens is 338 g/mol. The van der Waals surface area contributed by atoms with Gasteiger partial charge in [-0.1, -0.05) is 6.07 Å². The highest BCUT2D eigenvalue weighted by atomic mass is 16.7. The van der Waals surface area contributed by atoms with Gasteiger partial charge in [0.1, 0.15) is 5.41 Å². The number of amides is 3. The van der Waals surface area contributed by atoms with Crippen LogP contribution in [0.25, 0.3) is 0 Å². The average molecular weight is 359 g/mol. The molecule has 3 aliphatic rings. The van der Waals surface area contributed by atoms with Gasteiger partial charge < -0.3 is 24.6 Å². The minimum absolute atomic E-state index is 0.119. The summed E-state index contributed by atoms with van der Waals surface area (Å²) in [5.41, 5.74) is -0.0369. The van der Waals surface area contributed by atoms with E-state index >= 15 is 0 Å². The lowest BCUT2D eigenvalue weighted by molar-refractivity contribution is -0.146. The summed E-state index contributed by atoms with van der Waals surface area (Å²) in [4.78, 5) is 39.6. The van der Waals surface area contributed by atoms with Crippen LogP contribution < -0.4 is 14.8 Å². The fourth-order valence-corrected chi connectivity index (χ4v) is 3.40. The number of benzene rings is 1. The van der Waals surface area contributed by atoms with E-state index in [1.165, 1.54) is 0 Å². The molecule has 3 amide bonds. The fraction of sp³-hybridized carbons (Fsp3) is 0.500. The third-order valence-corrected chi connectivity index (χ3v) is 5.23. The number of ether oxygens (including phenoxy) is 2.